The lowest BCUT2D eigenvalue weighted by Gasteiger charge is -2.33. The van der Waals surface area contributed by atoms with Gasteiger partial charge in [-0.05, 0) is 55.6 Å². The second kappa shape index (κ2) is 9.02. The van der Waals surface area contributed by atoms with E-state index in [4.69, 9.17) is 0 Å². The molecule has 0 radical (unpaired) electrons. The Kier molecular flexibility index (Phi) is 6.48. The van der Waals surface area contributed by atoms with E-state index in [0.29, 0.717) is 18.2 Å². The molecule has 4 nitrogen and oxygen atoms in total. The zero-order valence-electron chi connectivity index (χ0n) is 15.7. The Morgan fingerprint density at radius 3 is 2.27 bits per heavy atom. The number of carbonyl (C=O) groups excluding carboxylic acids is 2. The van der Waals surface area contributed by atoms with Crippen LogP contribution in [0.3, 0.4) is 0 Å². The largest absolute Gasteiger partial charge is 0.359 e. The van der Waals surface area contributed by atoms with Crippen LogP contribution in [0.1, 0.15) is 43.2 Å². The minimum absolute atomic E-state index is 0.0868. The van der Waals surface area contributed by atoms with E-state index >= 15 is 0 Å². The maximum Gasteiger partial charge on any atom is 0.226 e. The molecule has 1 fully saturated rings. The maximum atomic E-state index is 12.5. The van der Waals surface area contributed by atoms with Crippen LogP contribution in [0.25, 0.3) is 0 Å². The molecule has 0 unspecified atom stereocenters. The molecule has 26 heavy (non-hydrogen) atoms. The van der Waals surface area contributed by atoms with E-state index < -0.39 is 0 Å². The third-order valence-corrected chi connectivity index (χ3v) is 5.75. The van der Waals surface area contributed by atoms with Gasteiger partial charge in [0.15, 0.2) is 0 Å². The van der Waals surface area contributed by atoms with E-state index in [2.05, 4.69) is 46.6 Å². The minimum atomic E-state index is 0.0868. The number of aryl methyl sites for hydroxylation is 1. The summed E-state index contributed by atoms with van der Waals surface area (Å²) in [6.45, 7) is 1.81. The van der Waals surface area contributed by atoms with Crippen LogP contribution in [-0.4, -0.2) is 36.9 Å². The molecule has 140 valence electrons. The van der Waals surface area contributed by atoms with Crippen LogP contribution in [0.4, 0.5) is 0 Å². The average molecular weight is 354 g/mol. The average Bonchev–Trinajstić information content (AvgIpc) is 3.22. The van der Waals surface area contributed by atoms with Crippen molar-refractivity contribution in [2.75, 3.05) is 20.1 Å². The van der Waals surface area contributed by atoms with Gasteiger partial charge in [0.05, 0.1) is 0 Å². The zero-order valence-corrected chi connectivity index (χ0v) is 15.7. The van der Waals surface area contributed by atoms with Crippen molar-refractivity contribution in [3.63, 3.8) is 0 Å². The molecule has 1 saturated heterocycles. The molecular weight excluding hydrogens is 324 g/mol. The Morgan fingerprint density at radius 2 is 1.65 bits per heavy atom. The summed E-state index contributed by atoms with van der Waals surface area (Å²) in [7, 11) is 1.68. The van der Waals surface area contributed by atoms with E-state index in [9.17, 15) is 9.59 Å². The highest BCUT2D eigenvalue weighted by Gasteiger charge is 2.28. The summed E-state index contributed by atoms with van der Waals surface area (Å²) < 4.78 is 0. The number of likely N-dealkylation sites (tertiary alicyclic amines) is 1. The fourth-order valence-corrected chi connectivity index (χ4v) is 3.99. The molecule has 4 heteroatoms. The van der Waals surface area contributed by atoms with Gasteiger partial charge in [-0.1, -0.05) is 36.4 Å². The molecule has 0 saturated carbocycles. The van der Waals surface area contributed by atoms with Gasteiger partial charge < -0.3 is 10.2 Å². The number of amides is 2. The lowest BCUT2D eigenvalue weighted by molar-refractivity contribution is -0.136. The van der Waals surface area contributed by atoms with Gasteiger partial charge in [-0.3, -0.25) is 9.59 Å². The number of rotatable bonds is 6. The smallest absolute Gasteiger partial charge is 0.226 e. The Morgan fingerprint density at radius 1 is 1.04 bits per heavy atom. The first-order valence-corrected chi connectivity index (χ1v) is 9.88. The molecule has 2 amide bonds. The van der Waals surface area contributed by atoms with Crippen molar-refractivity contribution in [1.82, 2.24) is 10.2 Å². The van der Waals surface area contributed by atoms with Crippen molar-refractivity contribution in [2.24, 2.45) is 11.8 Å². The highest BCUT2D eigenvalue weighted by molar-refractivity contribution is 5.79. The number of allylic oxidation sites excluding steroid dienone is 2. The van der Waals surface area contributed by atoms with Crippen molar-refractivity contribution in [1.29, 1.82) is 0 Å². The van der Waals surface area contributed by atoms with Crippen LogP contribution in [0.2, 0.25) is 0 Å². The number of nitrogens with one attached hydrogen (secondary N) is 1. The second-order valence-electron chi connectivity index (χ2n) is 7.60. The highest BCUT2D eigenvalue weighted by atomic mass is 16.2. The summed E-state index contributed by atoms with van der Waals surface area (Å²) >= 11 is 0. The number of nitrogens with zero attached hydrogens (tertiary/aromatic N) is 1. The molecule has 1 aliphatic carbocycles. The summed E-state index contributed by atoms with van der Waals surface area (Å²) in [6, 6.07) is 8.68. The Balaban J connectivity index is 1.42. The number of carbonyl (C=O) groups is 2. The molecule has 0 spiro atoms. The molecule has 1 N–H and O–H groups in total. The van der Waals surface area contributed by atoms with Gasteiger partial charge >= 0.3 is 0 Å². The third kappa shape index (κ3) is 4.96. The zero-order chi connectivity index (χ0) is 18.4. The van der Waals surface area contributed by atoms with E-state index in [0.717, 1.165) is 51.6 Å². The van der Waals surface area contributed by atoms with Crippen LogP contribution in [-0.2, 0) is 22.4 Å². The molecule has 3 rings (SSSR count). The number of hydrogen-bond donors (Lipinski definition) is 1. The predicted molar refractivity (Wildman–Crippen MR) is 104 cm³/mol. The van der Waals surface area contributed by atoms with E-state index in [1.807, 2.05) is 0 Å². The van der Waals surface area contributed by atoms with Gasteiger partial charge in [0.2, 0.25) is 11.8 Å². The second-order valence-corrected chi connectivity index (χ2v) is 7.60. The molecule has 1 aromatic rings. The van der Waals surface area contributed by atoms with Crippen molar-refractivity contribution in [2.45, 2.75) is 44.9 Å². The first-order valence-electron chi connectivity index (χ1n) is 9.88. The SMILES string of the molecule is CNC(=O)CCc1ccc(CC2CCN(C(=O)C3CC=CC3)CC2)cc1. The van der Waals surface area contributed by atoms with Crippen LogP contribution in [0.15, 0.2) is 36.4 Å². The molecule has 1 heterocycles. The van der Waals surface area contributed by atoms with E-state index in [1.54, 1.807) is 7.05 Å². The lowest BCUT2D eigenvalue weighted by Crippen LogP contribution is -2.41. The third-order valence-electron chi connectivity index (χ3n) is 5.75. The van der Waals surface area contributed by atoms with Crippen molar-refractivity contribution in [3.8, 4) is 0 Å². The van der Waals surface area contributed by atoms with E-state index in [-0.39, 0.29) is 11.8 Å². The summed E-state index contributed by atoms with van der Waals surface area (Å²) in [4.78, 5) is 25.9. The fourth-order valence-electron chi connectivity index (χ4n) is 3.99. The number of hydrogen-bond acceptors (Lipinski definition) is 2. The molecular formula is C22H30N2O2. The van der Waals surface area contributed by atoms with Crippen molar-refractivity contribution < 1.29 is 9.59 Å². The Labute approximate surface area is 156 Å². The van der Waals surface area contributed by atoms with Gasteiger partial charge in [-0.15, -0.1) is 0 Å². The van der Waals surface area contributed by atoms with Crippen LogP contribution in [0, 0.1) is 11.8 Å². The topological polar surface area (TPSA) is 49.4 Å². The van der Waals surface area contributed by atoms with Crippen molar-refractivity contribution >= 4 is 11.8 Å². The Hall–Kier alpha value is -2.10. The summed E-state index contributed by atoms with van der Waals surface area (Å²) in [5, 5.41) is 2.66. The molecule has 1 aromatic carbocycles. The standard InChI is InChI=1S/C22H30N2O2/c1-23-21(25)11-10-17-6-8-18(9-7-17)16-19-12-14-24(15-13-19)22(26)20-4-2-3-5-20/h2-3,6-9,19-20H,4-5,10-16H2,1H3,(H,23,25). The predicted octanol–water partition coefficient (Wildman–Crippen LogP) is 3.11. The summed E-state index contributed by atoms with van der Waals surface area (Å²) in [6.07, 6.45) is 10.7. The normalized spacial score (nSPS) is 18.3. The maximum absolute atomic E-state index is 12.5. The summed E-state index contributed by atoms with van der Waals surface area (Å²) in [5.74, 6) is 1.31. The van der Waals surface area contributed by atoms with Gasteiger partial charge in [0.1, 0.15) is 0 Å². The van der Waals surface area contributed by atoms with Crippen LogP contribution >= 0.6 is 0 Å². The lowest BCUT2D eigenvalue weighted by atomic mass is 9.89. The quantitative estimate of drug-likeness (QED) is 0.798. The monoisotopic (exact) mass is 354 g/mol. The van der Waals surface area contributed by atoms with Crippen molar-refractivity contribution in [3.05, 3.63) is 47.5 Å². The molecule has 1 aliphatic heterocycles. The molecule has 0 aromatic heterocycles. The first-order chi connectivity index (χ1) is 12.7. The van der Waals surface area contributed by atoms with Crippen LogP contribution in [0.5, 0.6) is 0 Å². The first kappa shape index (κ1) is 18.7. The highest BCUT2D eigenvalue weighted by Crippen LogP contribution is 2.26. The fraction of sp³-hybridized carbons (Fsp3) is 0.545. The van der Waals surface area contributed by atoms with Gasteiger partial charge in [-0.2, -0.15) is 0 Å². The molecule has 2 aliphatic rings. The number of benzene rings is 1. The van der Waals surface area contributed by atoms with Gasteiger partial charge in [0, 0.05) is 32.5 Å². The minimum Gasteiger partial charge on any atom is -0.359 e. The van der Waals surface area contributed by atoms with E-state index in [1.165, 1.54) is 11.1 Å². The Bertz CT molecular complexity index is 635. The van der Waals surface area contributed by atoms with Gasteiger partial charge in [0.25, 0.3) is 0 Å². The van der Waals surface area contributed by atoms with Crippen LogP contribution < -0.4 is 5.32 Å². The number of piperidine rings is 1. The van der Waals surface area contributed by atoms with Gasteiger partial charge in [-0.25, -0.2) is 0 Å². The summed E-state index contributed by atoms with van der Waals surface area (Å²) in [5.41, 5.74) is 2.57. The molecule has 0 bridgehead atoms. The molecule has 0 atom stereocenters.